The molecule has 1 atom stereocenters. The Kier molecular flexibility index (Phi) is 10.8. The summed E-state index contributed by atoms with van der Waals surface area (Å²) in [5.41, 5.74) is 2.14. The van der Waals surface area contributed by atoms with Gasteiger partial charge in [-0.1, -0.05) is 18.2 Å². The minimum absolute atomic E-state index is 0. The average Bonchev–Trinajstić information content (AvgIpc) is 3.07. The molecule has 1 saturated heterocycles. The van der Waals surface area contributed by atoms with Crippen molar-refractivity contribution in [3.63, 3.8) is 0 Å². The maximum absolute atomic E-state index is 6.04. The Bertz CT molecular complexity index is 842. The molecule has 178 valence electrons. The number of guanidine groups is 1. The third-order valence-electron chi connectivity index (χ3n) is 5.90. The van der Waals surface area contributed by atoms with E-state index in [1.54, 1.807) is 0 Å². The van der Waals surface area contributed by atoms with Crippen molar-refractivity contribution >= 4 is 29.9 Å². The van der Waals surface area contributed by atoms with Crippen molar-refractivity contribution in [3.8, 4) is 5.75 Å². The summed E-state index contributed by atoms with van der Waals surface area (Å²) in [7, 11) is 1.81. The molecule has 1 aromatic carbocycles. The number of piperidine rings is 1. The molecule has 2 N–H and O–H groups in total. The Morgan fingerprint density at radius 3 is 2.56 bits per heavy atom. The van der Waals surface area contributed by atoms with Gasteiger partial charge in [0, 0.05) is 13.6 Å². The number of benzene rings is 1. The summed E-state index contributed by atoms with van der Waals surface area (Å²) in [4.78, 5) is 11.3. The molecular weight excluding hydrogens is 517 g/mol. The zero-order valence-electron chi connectivity index (χ0n) is 20.0. The van der Waals surface area contributed by atoms with Gasteiger partial charge in [-0.2, -0.15) is 0 Å². The number of nitrogens with one attached hydrogen (secondary N) is 2. The van der Waals surface area contributed by atoms with Crippen molar-refractivity contribution in [1.29, 1.82) is 0 Å². The average molecular weight is 556 g/mol. The molecule has 1 aliphatic heterocycles. The van der Waals surface area contributed by atoms with Crippen LogP contribution < -0.4 is 15.4 Å². The van der Waals surface area contributed by atoms with Gasteiger partial charge in [0.2, 0.25) is 5.89 Å². The van der Waals surface area contributed by atoms with Crippen molar-refractivity contribution in [1.82, 2.24) is 20.5 Å². The van der Waals surface area contributed by atoms with Crippen molar-refractivity contribution in [2.24, 2.45) is 10.9 Å². The van der Waals surface area contributed by atoms with Gasteiger partial charge in [-0.25, -0.2) is 4.98 Å². The number of aryl methyl sites for hydroxylation is 3. The SMILES string of the molecule is CN=C(NCC1CCN(Cc2nc(C)c(C)o2)CC1)NCC(C)Oc1ccccc1C.I. The molecule has 1 fully saturated rings. The van der Waals surface area contributed by atoms with E-state index in [0.29, 0.717) is 12.5 Å². The van der Waals surface area contributed by atoms with Crippen LogP contribution in [0.1, 0.15) is 42.7 Å². The van der Waals surface area contributed by atoms with Crippen LogP contribution in [0.5, 0.6) is 5.75 Å². The molecular formula is C24H38IN5O2. The number of hydrogen-bond donors (Lipinski definition) is 2. The zero-order chi connectivity index (χ0) is 22.2. The second-order valence-corrected chi connectivity index (χ2v) is 8.50. The normalized spacial score (nSPS) is 16.3. The molecule has 0 spiro atoms. The fourth-order valence-electron chi connectivity index (χ4n) is 3.80. The van der Waals surface area contributed by atoms with Crippen LogP contribution in [0.2, 0.25) is 0 Å². The number of ether oxygens (including phenoxy) is 1. The first-order valence-electron chi connectivity index (χ1n) is 11.3. The minimum atomic E-state index is 0. The van der Waals surface area contributed by atoms with Crippen LogP contribution in [-0.4, -0.2) is 55.2 Å². The number of rotatable bonds is 8. The van der Waals surface area contributed by atoms with Crippen LogP contribution >= 0.6 is 24.0 Å². The summed E-state index contributed by atoms with van der Waals surface area (Å²) < 4.78 is 11.8. The highest BCUT2D eigenvalue weighted by atomic mass is 127. The number of aliphatic imine (C=N–C) groups is 1. The lowest BCUT2D eigenvalue weighted by Gasteiger charge is -2.31. The number of para-hydroxylation sites is 1. The van der Waals surface area contributed by atoms with E-state index in [-0.39, 0.29) is 30.1 Å². The van der Waals surface area contributed by atoms with Gasteiger partial charge in [0.1, 0.15) is 17.6 Å². The zero-order valence-corrected chi connectivity index (χ0v) is 22.3. The van der Waals surface area contributed by atoms with Crippen LogP contribution in [-0.2, 0) is 6.54 Å². The molecule has 2 heterocycles. The van der Waals surface area contributed by atoms with Gasteiger partial charge in [-0.15, -0.1) is 24.0 Å². The summed E-state index contributed by atoms with van der Waals surface area (Å²) >= 11 is 0. The van der Waals surface area contributed by atoms with E-state index in [1.807, 2.05) is 39.1 Å². The Labute approximate surface area is 209 Å². The number of hydrogen-bond acceptors (Lipinski definition) is 5. The number of likely N-dealkylation sites (tertiary alicyclic amines) is 1. The number of oxazole rings is 1. The van der Waals surface area contributed by atoms with Crippen LogP contribution in [0, 0.1) is 26.7 Å². The maximum atomic E-state index is 6.04. The number of halogens is 1. The van der Waals surface area contributed by atoms with Crippen molar-refractivity contribution < 1.29 is 9.15 Å². The van der Waals surface area contributed by atoms with Crippen molar-refractivity contribution in [2.75, 3.05) is 33.2 Å². The van der Waals surface area contributed by atoms with E-state index < -0.39 is 0 Å². The van der Waals surface area contributed by atoms with Gasteiger partial charge in [-0.05, 0) is 71.2 Å². The van der Waals surface area contributed by atoms with Crippen molar-refractivity contribution in [3.05, 3.63) is 47.2 Å². The molecule has 0 radical (unpaired) electrons. The molecule has 0 aliphatic carbocycles. The summed E-state index contributed by atoms with van der Waals surface area (Å²) in [6.07, 6.45) is 2.37. The first kappa shape index (κ1) is 26.4. The Balaban J connectivity index is 0.00000363. The molecule has 0 amide bonds. The second kappa shape index (κ2) is 13.0. The summed E-state index contributed by atoms with van der Waals surface area (Å²) in [5.74, 6) is 4.16. The smallest absolute Gasteiger partial charge is 0.208 e. The van der Waals surface area contributed by atoms with E-state index in [0.717, 1.165) is 73.6 Å². The van der Waals surface area contributed by atoms with Gasteiger partial charge >= 0.3 is 0 Å². The molecule has 32 heavy (non-hydrogen) atoms. The molecule has 1 aromatic heterocycles. The van der Waals surface area contributed by atoms with E-state index in [9.17, 15) is 0 Å². The van der Waals surface area contributed by atoms with Gasteiger partial charge in [0.15, 0.2) is 5.96 Å². The Hall–Kier alpha value is -1.81. The summed E-state index contributed by atoms with van der Waals surface area (Å²) in [6, 6.07) is 8.10. The third-order valence-corrected chi connectivity index (χ3v) is 5.90. The predicted octanol–water partition coefficient (Wildman–Crippen LogP) is 4.06. The monoisotopic (exact) mass is 555 g/mol. The van der Waals surface area contributed by atoms with E-state index >= 15 is 0 Å². The van der Waals surface area contributed by atoms with Crippen LogP contribution in [0.4, 0.5) is 0 Å². The topological polar surface area (TPSA) is 74.9 Å². The van der Waals surface area contributed by atoms with Gasteiger partial charge < -0.3 is 19.8 Å². The lowest BCUT2D eigenvalue weighted by molar-refractivity contribution is 0.164. The second-order valence-electron chi connectivity index (χ2n) is 8.50. The summed E-state index contributed by atoms with van der Waals surface area (Å²) in [5, 5.41) is 6.86. The van der Waals surface area contributed by atoms with Gasteiger partial charge in [0.05, 0.1) is 18.8 Å². The van der Waals surface area contributed by atoms with E-state index in [2.05, 4.69) is 45.4 Å². The number of nitrogens with zero attached hydrogens (tertiary/aromatic N) is 3. The lowest BCUT2D eigenvalue weighted by atomic mass is 9.97. The van der Waals surface area contributed by atoms with Crippen LogP contribution in [0.15, 0.2) is 33.7 Å². The molecule has 1 aliphatic rings. The van der Waals surface area contributed by atoms with Crippen LogP contribution in [0.3, 0.4) is 0 Å². The highest BCUT2D eigenvalue weighted by molar-refractivity contribution is 14.0. The molecule has 2 aromatic rings. The van der Waals surface area contributed by atoms with Crippen molar-refractivity contribution in [2.45, 2.75) is 53.2 Å². The largest absolute Gasteiger partial charge is 0.489 e. The first-order valence-corrected chi connectivity index (χ1v) is 11.3. The van der Waals surface area contributed by atoms with E-state index in [4.69, 9.17) is 9.15 Å². The van der Waals surface area contributed by atoms with Gasteiger partial charge in [0.25, 0.3) is 0 Å². The summed E-state index contributed by atoms with van der Waals surface area (Å²) in [6.45, 7) is 12.7. The molecule has 8 heteroatoms. The Morgan fingerprint density at radius 2 is 1.94 bits per heavy atom. The standard InChI is InChI=1S/C24H37N5O2.HI/c1-17-8-6-7-9-22(17)30-18(2)14-26-24(25-5)27-15-21-10-12-29(13-11-21)16-23-28-19(3)20(4)31-23;/h6-9,18,21H,10-16H2,1-5H3,(H2,25,26,27);1H. The Morgan fingerprint density at radius 1 is 1.22 bits per heavy atom. The molecule has 3 rings (SSSR count). The van der Waals surface area contributed by atoms with E-state index in [1.165, 1.54) is 0 Å². The number of aromatic nitrogens is 1. The molecule has 0 bridgehead atoms. The fraction of sp³-hybridized carbons (Fsp3) is 0.583. The van der Waals surface area contributed by atoms with Crippen LogP contribution in [0.25, 0.3) is 0 Å². The quantitative estimate of drug-likeness (QED) is 0.291. The highest BCUT2D eigenvalue weighted by Gasteiger charge is 2.21. The molecule has 1 unspecified atom stereocenters. The third kappa shape index (κ3) is 7.95. The first-order chi connectivity index (χ1) is 14.9. The molecule has 7 nitrogen and oxygen atoms in total. The maximum Gasteiger partial charge on any atom is 0.208 e. The highest BCUT2D eigenvalue weighted by Crippen LogP contribution is 2.19. The molecule has 0 saturated carbocycles. The predicted molar refractivity (Wildman–Crippen MR) is 140 cm³/mol. The minimum Gasteiger partial charge on any atom is -0.489 e. The fourth-order valence-corrected chi connectivity index (χ4v) is 3.80. The lowest BCUT2D eigenvalue weighted by Crippen LogP contribution is -2.45. The van der Waals surface area contributed by atoms with Gasteiger partial charge in [-0.3, -0.25) is 9.89 Å².